The Balaban J connectivity index is 1.83. The standard InChI is InChI=1S/C24H19F2N3O2/c1-14(2)31-24(30)27-19-11-12-20-21(13-19)29-23(16-5-9-18(26)10-6-16)22(28-20)15-3-7-17(25)8-4-15/h3-14H,1-2H3,(H,27,30). The number of hydrogen-bond donors (Lipinski definition) is 1. The van der Waals surface area contributed by atoms with E-state index in [1.807, 2.05) is 0 Å². The summed E-state index contributed by atoms with van der Waals surface area (Å²) in [4.78, 5) is 21.4. The lowest BCUT2D eigenvalue weighted by molar-refractivity contribution is 0.130. The van der Waals surface area contributed by atoms with E-state index in [1.54, 1.807) is 56.3 Å². The smallest absolute Gasteiger partial charge is 0.411 e. The van der Waals surface area contributed by atoms with E-state index in [-0.39, 0.29) is 17.7 Å². The van der Waals surface area contributed by atoms with Crippen LogP contribution in [0.2, 0.25) is 0 Å². The van der Waals surface area contributed by atoms with Gasteiger partial charge in [0.05, 0.1) is 28.5 Å². The van der Waals surface area contributed by atoms with Crippen molar-refractivity contribution >= 4 is 22.8 Å². The molecule has 1 heterocycles. The summed E-state index contributed by atoms with van der Waals surface area (Å²) >= 11 is 0. The number of amides is 1. The van der Waals surface area contributed by atoms with Crippen molar-refractivity contribution < 1.29 is 18.3 Å². The molecule has 0 aliphatic rings. The molecule has 0 bridgehead atoms. The lowest BCUT2D eigenvalue weighted by Crippen LogP contribution is -2.17. The van der Waals surface area contributed by atoms with E-state index in [4.69, 9.17) is 14.7 Å². The number of anilines is 1. The van der Waals surface area contributed by atoms with Gasteiger partial charge in [0, 0.05) is 16.8 Å². The second-order valence-electron chi connectivity index (χ2n) is 7.22. The topological polar surface area (TPSA) is 64.1 Å². The molecule has 156 valence electrons. The highest BCUT2D eigenvalue weighted by molar-refractivity contribution is 5.91. The minimum absolute atomic E-state index is 0.247. The van der Waals surface area contributed by atoms with Gasteiger partial charge in [-0.05, 0) is 80.6 Å². The molecule has 4 aromatic rings. The predicted molar refractivity (Wildman–Crippen MR) is 116 cm³/mol. The summed E-state index contributed by atoms with van der Waals surface area (Å²) in [5, 5.41) is 2.66. The number of fused-ring (bicyclic) bond motifs is 1. The molecule has 0 saturated carbocycles. The van der Waals surface area contributed by atoms with Crippen molar-refractivity contribution in [3.8, 4) is 22.5 Å². The molecule has 0 spiro atoms. The van der Waals surface area contributed by atoms with Gasteiger partial charge in [-0.3, -0.25) is 5.32 Å². The third kappa shape index (κ3) is 4.66. The first kappa shape index (κ1) is 20.4. The van der Waals surface area contributed by atoms with Crippen LogP contribution < -0.4 is 5.32 Å². The molecule has 0 aliphatic carbocycles. The molecule has 0 unspecified atom stereocenters. The number of benzene rings is 3. The number of carbonyl (C=O) groups excluding carboxylic acids is 1. The summed E-state index contributed by atoms with van der Waals surface area (Å²) in [5.41, 5.74) is 4.03. The molecule has 0 fully saturated rings. The molecule has 4 rings (SSSR count). The average molecular weight is 419 g/mol. The zero-order valence-electron chi connectivity index (χ0n) is 16.9. The van der Waals surface area contributed by atoms with Gasteiger partial charge < -0.3 is 4.74 Å². The van der Waals surface area contributed by atoms with E-state index >= 15 is 0 Å². The first-order chi connectivity index (χ1) is 14.9. The van der Waals surface area contributed by atoms with Crippen LogP contribution in [0.15, 0.2) is 66.7 Å². The molecule has 0 atom stereocenters. The third-order valence-corrected chi connectivity index (χ3v) is 4.49. The Bertz CT molecular complexity index is 1240. The Morgan fingerprint density at radius 1 is 0.806 bits per heavy atom. The van der Waals surface area contributed by atoms with Crippen LogP contribution >= 0.6 is 0 Å². The molecule has 3 aromatic carbocycles. The van der Waals surface area contributed by atoms with Crippen molar-refractivity contribution in [1.29, 1.82) is 0 Å². The van der Waals surface area contributed by atoms with Crippen LogP contribution in [0.1, 0.15) is 13.8 Å². The van der Waals surface area contributed by atoms with Gasteiger partial charge in [0.15, 0.2) is 0 Å². The van der Waals surface area contributed by atoms with E-state index in [0.29, 0.717) is 39.2 Å². The monoisotopic (exact) mass is 419 g/mol. The number of hydrogen-bond acceptors (Lipinski definition) is 4. The van der Waals surface area contributed by atoms with E-state index < -0.39 is 6.09 Å². The van der Waals surface area contributed by atoms with Gasteiger partial charge in [-0.25, -0.2) is 23.5 Å². The Labute approximate surface area is 177 Å². The van der Waals surface area contributed by atoms with Crippen LogP contribution in [0.5, 0.6) is 0 Å². The summed E-state index contributed by atoms with van der Waals surface area (Å²) in [5.74, 6) is -0.721. The highest BCUT2D eigenvalue weighted by Crippen LogP contribution is 2.32. The molecule has 1 aromatic heterocycles. The molecule has 0 radical (unpaired) electrons. The van der Waals surface area contributed by atoms with Crippen LogP contribution in [-0.2, 0) is 4.74 Å². The summed E-state index contributed by atoms with van der Waals surface area (Å²) in [6, 6.07) is 17.0. The minimum atomic E-state index is -0.566. The molecule has 7 heteroatoms. The van der Waals surface area contributed by atoms with E-state index in [0.717, 1.165) is 0 Å². The molecule has 0 saturated heterocycles. The van der Waals surface area contributed by atoms with Gasteiger partial charge in [0.1, 0.15) is 11.6 Å². The lowest BCUT2D eigenvalue weighted by atomic mass is 10.0. The van der Waals surface area contributed by atoms with Crippen molar-refractivity contribution in [3.05, 3.63) is 78.4 Å². The number of carbonyl (C=O) groups is 1. The van der Waals surface area contributed by atoms with Gasteiger partial charge in [-0.15, -0.1) is 0 Å². The van der Waals surface area contributed by atoms with Crippen molar-refractivity contribution in [3.63, 3.8) is 0 Å². The molecule has 5 nitrogen and oxygen atoms in total. The number of ether oxygens (including phenoxy) is 1. The van der Waals surface area contributed by atoms with Crippen LogP contribution in [0, 0.1) is 11.6 Å². The number of aromatic nitrogens is 2. The SMILES string of the molecule is CC(C)OC(=O)Nc1ccc2nc(-c3ccc(F)cc3)c(-c3ccc(F)cc3)nc2c1. The van der Waals surface area contributed by atoms with Gasteiger partial charge in [0.25, 0.3) is 0 Å². The summed E-state index contributed by atoms with van der Waals surface area (Å²) in [6.07, 6.45) is -0.812. The minimum Gasteiger partial charge on any atom is -0.447 e. The Hall–Kier alpha value is -3.87. The van der Waals surface area contributed by atoms with E-state index in [1.165, 1.54) is 24.3 Å². The predicted octanol–water partition coefficient (Wildman–Crippen LogP) is 6.20. The Morgan fingerprint density at radius 3 is 1.84 bits per heavy atom. The normalized spacial score (nSPS) is 11.0. The molecular formula is C24H19F2N3O2. The number of halogens is 2. The van der Waals surface area contributed by atoms with Crippen molar-refractivity contribution in [1.82, 2.24) is 9.97 Å². The van der Waals surface area contributed by atoms with Crippen LogP contribution in [0.25, 0.3) is 33.5 Å². The second-order valence-corrected chi connectivity index (χ2v) is 7.22. The first-order valence-corrected chi connectivity index (χ1v) is 9.70. The average Bonchev–Trinajstić information content (AvgIpc) is 2.73. The van der Waals surface area contributed by atoms with Gasteiger partial charge in [-0.1, -0.05) is 0 Å². The summed E-state index contributed by atoms with van der Waals surface area (Å²) in [6.45, 7) is 3.52. The number of nitrogens with one attached hydrogen (secondary N) is 1. The summed E-state index contributed by atoms with van der Waals surface area (Å²) in [7, 11) is 0. The van der Waals surface area contributed by atoms with Crippen LogP contribution in [-0.4, -0.2) is 22.2 Å². The largest absolute Gasteiger partial charge is 0.447 e. The fourth-order valence-electron chi connectivity index (χ4n) is 3.11. The molecule has 1 N–H and O–H groups in total. The number of rotatable bonds is 4. The lowest BCUT2D eigenvalue weighted by Gasteiger charge is -2.12. The Kier molecular flexibility index (Phi) is 5.58. The maximum atomic E-state index is 13.5. The zero-order chi connectivity index (χ0) is 22.0. The molecule has 0 aliphatic heterocycles. The maximum absolute atomic E-state index is 13.5. The summed E-state index contributed by atoms with van der Waals surface area (Å²) < 4.78 is 32.0. The van der Waals surface area contributed by atoms with E-state index in [2.05, 4.69) is 5.32 Å². The van der Waals surface area contributed by atoms with Gasteiger partial charge in [0.2, 0.25) is 0 Å². The first-order valence-electron chi connectivity index (χ1n) is 9.70. The third-order valence-electron chi connectivity index (χ3n) is 4.49. The highest BCUT2D eigenvalue weighted by atomic mass is 19.1. The second kappa shape index (κ2) is 8.47. The molecule has 1 amide bonds. The zero-order valence-corrected chi connectivity index (χ0v) is 16.9. The number of nitrogens with zero attached hydrogens (tertiary/aromatic N) is 2. The van der Waals surface area contributed by atoms with Crippen molar-refractivity contribution in [2.45, 2.75) is 20.0 Å². The maximum Gasteiger partial charge on any atom is 0.411 e. The van der Waals surface area contributed by atoms with Crippen LogP contribution in [0.4, 0.5) is 19.3 Å². The fourth-order valence-corrected chi connectivity index (χ4v) is 3.11. The molecular weight excluding hydrogens is 400 g/mol. The molecule has 31 heavy (non-hydrogen) atoms. The quantitative estimate of drug-likeness (QED) is 0.428. The van der Waals surface area contributed by atoms with Crippen LogP contribution in [0.3, 0.4) is 0 Å². The highest BCUT2D eigenvalue weighted by Gasteiger charge is 2.15. The van der Waals surface area contributed by atoms with E-state index in [9.17, 15) is 13.6 Å². The van der Waals surface area contributed by atoms with Gasteiger partial charge in [-0.2, -0.15) is 0 Å². The van der Waals surface area contributed by atoms with Gasteiger partial charge >= 0.3 is 6.09 Å². The van der Waals surface area contributed by atoms with Crippen molar-refractivity contribution in [2.75, 3.05) is 5.32 Å². The fraction of sp³-hybridized carbons (Fsp3) is 0.125. The Morgan fingerprint density at radius 2 is 1.32 bits per heavy atom. The van der Waals surface area contributed by atoms with Crippen molar-refractivity contribution in [2.24, 2.45) is 0 Å².